The minimum absolute atomic E-state index is 0. The fourth-order valence-electron chi connectivity index (χ4n) is 6.39. The van der Waals surface area contributed by atoms with Crippen molar-refractivity contribution in [3.05, 3.63) is 124 Å². The van der Waals surface area contributed by atoms with E-state index in [1.165, 1.54) is 22.7 Å². The smallest absolute Gasteiger partial charge is 0.0790 e. The van der Waals surface area contributed by atoms with Gasteiger partial charge in [0.05, 0.1) is 8.07 Å². The van der Waals surface area contributed by atoms with E-state index in [2.05, 4.69) is 116 Å². The first-order valence-corrected chi connectivity index (χ1v) is 13.6. The molecule has 0 saturated carbocycles. The predicted octanol–water partition coefficient (Wildman–Crippen LogP) is 4.51. The van der Waals surface area contributed by atoms with Gasteiger partial charge >= 0.3 is 18.9 Å². The molecule has 0 fully saturated rings. The van der Waals surface area contributed by atoms with Crippen molar-refractivity contribution in [2.45, 2.75) is 29.6 Å². The van der Waals surface area contributed by atoms with Crippen LogP contribution in [0, 0.1) is 0 Å². The third-order valence-electron chi connectivity index (χ3n) is 7.75. The van der Waals surface area contributed by atoms with Crippen LogP contribution in [0.15, 0.2) is 91.0 Å². The number of hydrogen-bond acceptors (Lipinski definition) is 0. The van der Waals surface area contributed by atoms with Gasteiger partial charge in [-0.1, -0.05) is 122 Å². The Morgan fingerprint density at radius 2 is 0.871 bits per heavy atom. The van der Waals surface area contributed by atoms with Crippen LogP contribution in [0.3, 0.4) is 0 Å². The minimum atomic E-state index is -1.98. The van der Waals surface area contributed by atoms with Gasteiger partial charge in [0.15, 0.2) is 0 Å². The Balaban J connectivity index is 0.00000204. The monoisotopic (exact) mass is 409 g/mol. The van der Waals surface area contributed by atoms with Crippen LogP contribution in [0.2, 0.25) is 6.04 Å². The zero-order valence-electron chi connectivity index (χ0n) is 18.3. The van der Waals surface area contributed by atoms with Crippen LogP contribution in [0.25, 0.3) is 18.2 Å². The van der Waals surface area contributed by atoms with Gasteiger partial charge in [-0.2, -0.15) is 0 Å². The summed E-state index contributed by atoms with van der Waals surface area (Å²) < 4.78 is 0. The molecule has 31 heavy (non-hydrogen) atoms. The van der Waals surface area contributed by atoms with Gasteiger partial charge in [-0.15, -0.1) is 0 Å². The van der Waals surface area contributed by atoms with E-state index in [1.54, 1.807) is 16.7 Å². The maximum absolute atomic E-state index is 2.55. The maximum atomic E-state index is 2.55. The van der Waals surface area contributed by atoms with Crippen LogP contribution in [-0.2, 0) is 0 Å². The normalized spacial score (nSPS) is 23.7. The molecule has 0 aliphatic heterocycles. The molecule has 3 unspecified atom stereocenters. The van der Waals surface area contributed by atoms with Crippen LogP contribution in [0.1, 0.15) is 56.9 Å². The molecule has 3 aliphatic carbocycles. The fraction of sp³-hybridized carbons (Fsp3) is 0.172. The number of benzene rings is 3. The van der Waals surface area contributed by atoms with Crippen molar-refractivity contribution in [2.24, 2.45) is 0 Å². The number of rotatable bonds is 4. The second-order valence-corrected chi connectivity index (χ2v) is 13.7. The molecule has 0 amide bonds. The van der Waals surface area contributed by atoms with E-state index in [0.717, 1.165) is 0 Å². The summed E-state index contributed by atoms with van der Waals surface area (Å²) in [7, 11) is -1.98. The van der Waals surface area contributed by atoms with Gasteiger partial charge in [0.2, 0.25) is 0 Å². The zero-order valence-corrected chi connectivity index (χ0v) is 19.3. The van der Waals surface area contributed by atoms with Crippen molar-refractivity contribution in [1.29, 1.82) is 0 Å². The van der Waals surface area contributed by atoms with Crippen molar-refractivity contribution in [3.63, 3.8) is 0 Å². The Hall–Kier alpha value is -2.31. The standard InChI is InChI=1S/C29H26Si.Li/c1-2-30(27-18-15-21-9-3-6-12-24(21)27,28-19-16-22-10-4-7-13-25(22)28)29-20-17-23-11-5-8-14-26(23)29;/h3-20,27-29H,2H2,1H3;/q;+1. The van der Waals surface area contributed by atoms with E-state index >= 15 is 0 Å². The quantitative estimate of drug-likeness (QED) is 0.556. The molecule has 6 rings (SSSR count). The summed E-state index contributed by atoms with van der Waals surface area (Å²) in [5.74, 6) is 0. The van der Waals surface area contributed by atoms with E-state index in [4.69, 9.17) is 0 Å². The van der Waals surface area contributed by atoms with Gasteiger partial charge in [-0.25, -0.2) is 0 Å². The van der Waals surface area contributed by atoms with Crippen molar-refractivity contribution in [3.8, 4) is 0 Å². The van der Waals surface area contributed by atoms with Crippen molar-refractivity contribution in [1.82, 2.24) is 0 Å². The SMILES string of the molecule is CC[Si](C1C=Cc2ccccc21)(C1C=Cc2ccccc21)C1C=Cc2ccccc21.[Li+]. The molecular formula is C29H26LiSi+. The van der Waals surface area contributed by atoms with Crippen LogP contribution in [0.4, 0.5) is 0 Å². The first kappa shape index (κ1) is 20.6. The summed E-state index contributed by atoms with van der Waals surface area (Å²) in [6.07, 6.45) is 14.8. The van der Waals surface area contributed by atoms with E-state index in [1.807, 2.05) is 0 Å². The zero-order chi connectivity index (χ0) is 20.1. The number of allylic oxidation sites excluding steroid dienone is 3. The van der Waals surface area contributed by atoms with Gasteiger partial charge in [0, 0.05) is 0 Å². The van der Waals surface area contributed by atoms with Crippen LogP contribution in [0.5, 0.6) is 0 Å². The van der Waals surface area contributed by atoms with E-state index in [0.29, 0.717) is 16.6 Å². The Morgan fingerprint density at radius 1 is 0.548 bits per heavy atom. The predicted molar refractivity (Wildman–Crippen MR) is 131 cm³/mol. The Bertz CT molecular complexity index is 1070. The van der Waals surface area contributed by atoms with Gasteiger partial charge < -0.3 is 0 Å². The second kappa shape index (κ2) is 7.99. The van der Waals surface area contributed by atoms with E-state index in [-0.39, 0.29) is 18.9 Å². The average molecular weight is 410 g/mol. The molecule has 3 aliphatic rings. The maximum Gasteiger partial charge on any atom is 1.00 e. The number of fused-ring (bicyclic) bond motifs is 3. The van der Waals surface area contributed by atoms with Gasteiger partial charge in [-0.3, -0.25) is 0 Å². The largest absolute Gasteiger partial charge is 1.00 e. The Labute approximate surface area is 198 Å². The van der Waals surface area contributed by atoms with Crippen LogP contribution >= 0.6 is 0 Å². The fourth-order valence-corrected chi connectivity index (χ4v) is 12.8. The van der Waals surface area contributed by atoms with Crippen molar-refractivity contribution >= 4 is 26.3 Å². The summed E-state index contributed by atoms with van der Waals surface area (Å²) in [5, 5.41) is 0. The molecule has 3 aromatic carbocycles. The van der Waals surface area contributed by atoms with Crippen molar-refractivity contribution < 1.29 is 18.9 Å². The molecule has 0 heterocycles. The Kier molecular flexibility index (Phi) is 5.31. The average Bonchev–Trinajstić information content (AvgIpc) is 3.53. The molecule has 0 saturated heterocycles. The summed E-state index contributed by atoms with van der Waals surface area (Å²) in [5.41, 5.74) is 10.5. The van der Waals surface area contributed by atoms with Crippen molar-refractivity contribution in [2.75, 3.05) is 0 Å². The number of hydrogen-bond donors (Lipinski definition) is 0. The third-order valence-corrected chi connectivity index (χ3v) is 14.0. The first-order chi connectivity index (χ1) is 14.8. The molecule has 0 N–H and O–H groups in total. The van der Waals surface area contributed by atoms with E-state index in [9.17, 15) is 0 Å². The molecule has 3 aromatic rings. The van der Waals surface area contributed by atoms with E-state index < -0.39 is 8.07 Å². The molecule has 0 aromatic heterocycles. The molecule has 3 atom stereocenters. The summed E-state index contributed by atoms with van der Waals surface area (Å²) >= 11 is 0. The summed E-state index contributed by atoms with van der Waals surface area (Å²) in [6.45, 7) is 2.46. The molecule has 0 spiro atoms. The molecule has 0 nitrogen and oxygen atoms in total. The van der Waals surface area contributed by atoms with Gasteiger partial charge in [0.1, 0.15) is 0 Å². The minimum Gasteiger partial charge on any atom is -0.0790 e. The van der Waals surface area contributed by atoms with Crippen LogP contribution < -0.4 is 18.9 Å². The Morgan fingerprint density at radius 3 is 1.19 bits per heavy atom. The molecule has 0 bridgehead atoms. The molecule has 2 heteroatoms. The summed E-state index contributed by atoms with van der Waals surface area (Å²) in [6, 6.07) is 28.5. The first-order valence-electron chi connectivity index (χ1n) is 11.1. The topological polar surface area (TPSA) is 0 Å². The second-order valence-electron chi connectivity index (χ2n) is 8.86. The molecule has 0 radical (unpaired) electrons. The summed E-state index contributed by atoms with van der Waals surface area (Å²) in [4.78, 5) is 0. The third kappa shape index (κ3) is 2.95. The van der Waals surface area contributed by atoms with Gasteiger partial charge in [-0.05, 0) is 50.0 Å². The van der Waals surface area contributed by atoms with Gasteiger partial charge in [0.25, 0.3) is 0 Å². The molecular weight excluding hydrogens is 383 g/mol. The van der Waals surface area contributed by atoms with Crippen LogP contribution in [-0.4, -0.2) is 8.07 Å². The molecule has 146 valence electrons.